The Labute approximate surface area is 124 Å². The Balaban J connectivity index is 1.87. The molecule has 1 aliphatic rings. The van der Waals surface area contributed by atoms with Gasteiger partial charge >= 0.3 is 0 Å². The molecule has 1 saturated heterocycles. The number of phenolic OH excluding ortho intramolecular Hbond substituents is 1. The van der Waals surface area contributed by atoms with Crippen LogP contribution in [-0.4, -0.2) is 48.6 Å². The largest absolute Gasteiger partial charge is 0.508 e. The number of hydrogen-bond acceptors (Lipinski definition) is 3. The third-order valence-corrected chi connectivity index (χ3v) is 4.53. The first-order valence-electron chi connectivity index (χ1n) is 6.89. The summed E-state index contributed by atoms with van der Waals surface area (Å²) in [5.41, 5.74) is 1.17. The lowest BCUT2D eigenvalue weighted by Gasteiger charge is -2.33. The Hall–Kier alpha value is -0.580. The van der Waals surface area contributed by atoms with E-state index in [1.165, 1.54) is 24.9 Å². The molecule has 19 heavy (non-hydrogen) atoms. The van der Waals surface area contributed by atoms with Crippen molar-refractivity contribution in [1.82, 2.24) is 9.80 Å². The summed E-state index contributed by atoms with van der Waals surface area (Å²) in [6.45, 7) is 4.43. The second-order valence-corrected chi connectivity index (χ2v) is 6.61. The van der Waals surface area contributed by atoms with Crippen LogP contribution < -0.4 is 0 Å². The predicted molar refractivity (Wildman–Crippen MR) is 82.4 cm³/mol. The van der Waals surface area contributed by atoms with E-state index < -0.39 is 0 Å². The normalized spacial score (nSPS) is 18.1. The molecule has 0 bridgehead atoms. The summed E-state index contributed by atoms with van der Waals surface area (Å²) in [7, 11) is 4.30. The average molecular weight is 327 g/mol. The fraction of sp³-hybridized carbons (Fsp3) is 0.600. The number of aromatic hydroxyl groups is 1. The number of nitrogens with zero attached hydrogens (tertiary/aromatic N) is 2. The average Bonchev–Trinajstić information content (AvgIpc) is 2.35. The standard InChI is InChI=1S/C15H23BrN2O/c1-17(2)10-12-5-7-18(8-6-12)11-13-9-14(19)3-4-15(13)16/h3-4,9,12,19H,5-8,10-11H2,1-2H3. The van der Waals surface area contributed by atoms with Crippen LogP contribution in [-0.2, 0) is 6.54 Å². The molecule has 3 nitrogen and oxygen atoms in total. The molecule has 1 N–H and O–H groups in total. The maximum Gasteiger partial charge on any atom is 0.115 e. The summed E-state index contributed by atoms with van der Waals surface area (Å²) in [5, 5.41) is 9.56. The third kappa shape index (κ3) is 4.48. The lowest BCUT2D eigenvalue weighted by atomic mass is 9.96. The second kappa shape index (κ2) is 6.73. The lowest BCUT2D eigenvalue weighted by molar-refractivity contribution is 0.156. The van der Waals surface area contributed by atoms with Crippen molar-refractivity contribution in [2.45, 2.75) is 19.4 Å². The van der Waals surface area contributed by atoms with E-state index in [9.17, 15) is 5.11 Å². The van der Waals surface area contributed by atoms with Crippen molar-refractivity contribution >= 4 is 15.9 Å². The van der Waals surface area contributed by atoms with Crippen molar-refractivity contribution in [1.29, 1.82) is 0 Å². The summed E-state index contributed by atoms with van der Waals surface area (Å²) in [4.78, 5) is 4.76. The van der Waals surface area contributed by atoms with Crippen LogP contribution in [0.4, 0.5) is 0 Å². The van der Waals surface area contributed by atoms with Crippen LogP contribution in [0.5, 0.6) is 5.75 Å². The fourth-order valence-corrected chi connectivity index (χ4v) is 3.14. The minimum absolute atomic E-state index is 0.348. The number of rotatable bonds is 4. The van der Waals surface area contributed by atoms with Crippen molar-refractivity contribution in [3.05, 3.63) is 28.2 Å². The molecule has 1 fully saturated rings. The quantitative estimate of drug-likeness (QED) is 0.921. The van der Waals surface area contributed by atoms with Crippen molar-refractivity contribution in [3.63, 3.8) is 0 Å². The highest BCUT2D eigenvalue weighted by atomic mass is 79.9. The smallest absolute Gasteiger partial charge is 0.115 e. The lowest BCUT2D eigenvalue weighted by Crippen LogP contribution is -2.36. The zero-order valence-electron chi connectivity index (χ0n) is 11.8. The highest BCUT2D eigenvalue weighted by molar-refractivity contribution is 9.10. The van der Waals surface area contributed by atoms with Crippen LogP contribution in [0.1, 0.15) is 18.4 Å². The molecule has 106 valence electrons. The van der Waals surface area contributed by atoms with Gasteiger partial charge in [0, 0.05) is 17.6 Å². The number of piperidine rings is 1. The van der Waals surface area contributed by atoms with Crippen LogP contribution in [0.2, 0.25) is 0 Å². The van der Waals surface area contributed by atoms with E-state index in [1.807, 2.05) is 12.1 Å². The van der Waals surface area contributed by atoms with Gasteiger partial charge in [-0.15, -0.1) is 0 Å². The Morgan fingerprint density at radius 2 is 2.00 bits per heavy atom. The van der Waals surface area contributed by atoms with Gasteiger partial charge in [-0.25, -0.2) is 0 Å². The molecule has 0 radical (unpaired) electrons. The van der Waals surface area contributed by atoms with Crippen molar-refractivity contribution < 1.29 is 5.11 Å². The van der Waals surface area contributed by atoms with Crippen LogP contribution >= 0.6 is 15.9 Å². The topological polar surface area (TPSA) is 26.7 Å². The monoisotopic (exact) mass is 326 g/mol. The molecule has 0 aromatic heterocycles. The Morgan fingerprint density at radius 3 is 2.63 bits per heavy atom. The molecule has 1 aliphatic heterocycles. The molecule has 1 heterocycles. The SMILES string of the molecule is CN(C)CC1CCN(Cc2cc(O)ccc2Br)CC1. The molecule has 0 spiro atoms. The van der Waals surface area contributed by atoms with Gasteiger partial charge in [0.1, 0.15) is 5.75 Å². The summed E-state index contributed by atoms with van der Waals surface area (Å²) in [5.74, 6) is 1.18. The van der Waals surface area contributed by atoms with Crippen LogP contribution in [0, 0.1) is 5.92 Å². The molecule has 1 aromatic carbocycles. The summed E-state index contributed by atoms with van der Waals surface area (Å²) < 4.78 is 1.08. The van der Waals surface area contributed by atoms with Crippen molar-refractivity contribution in [2.24, 2.45) is 5.92 Å². The molecule has 0 amide bonds. The van der Waals surface area contributed by atoms with Gasteiger partial charge in [-0.1, -0.05) is 15.9 Å². The van der Waals surface area contributed by atoms with E-state index in [0.29, 0.717) is 5.75 Å². The van der Waals surface area contributed by atoms with Gasteiger partial charge < -0.3 is 10.0 Å². The van der Waals surface area contributed by atoms with Crippen LogP contribution in [0.15, 0.2) is 22.7 Å². The molecule has 4 heteroatoms. The first-order valence-corrected chi connectivity index (χ1v) is 7.68. The number of halogens is 1. The Kier molecular flexibility index (Phi) is 5.25. The highest BCUT2D eigenvalue weighted by Crippen LogP contribution is 2.25. The van der Waals surface area contributed by atoms with Crippen LogP contribution in [0.25, 0.3) is 0 Å². The second-order valence-electron chi connectivity index (χ2n) is 5.76. The van der Waals surface area contributed by atoms with Gasteiger partial charge in [-0.3, -0.25) is 4.90 Å². The summed E-state index contributed by atoms with van der Waals surface area (Å²) in [6.07, 6.45) is 2.54. The minimum Gasteiger partial charge on any atom is -0.508 e. The minimum atomic E-state index is 0.348. The van der Waals surface area contributed by atoms with Gasteiger partial charge in [-0.2, -0.15) is 0 Å². The van der Waals surface area contributed by atoms with E-state index in [-0.39, 0.29) is 0 Å². The molecular weight excluding hydrogens is 304 g/mol. The molecule has 1 aromatic rings. The van der Waals surface area contributed by atoms with Gasteiger partial charge in [-0.05, 0) is 69.7 Å². The number of benzene rings is 1. The van der Waals surface area contributed by atoms with E-state index in [1.54, 1.807) is 6.07 Å². The van der Waals surface area contributed by atoms with Crippen molar-refractivity contribution in [3.8, 4) is 5.75 Å². The van der Waals surface area contributed by atoms with E-state index >= 15 is 0 Å². The van der Waals surface area contributed by atoms with E-state index in [0.717, 1.165) is 30.0 Å². The predicted octanol–water partition coefficient (Wildman–Crippen LogP) is 2.93. The Bertz CT molecular complexity index is 415. The van der Waals surface area contributed by atoms with Crippen molar-refractivity contribution in [2.75, 3.05) is 33.7 Å². The summed E-state index contributed by atoms with van der Waals surface area (Å²) in [6, 6.07) is 5.50. The van der Waals surface area contributed by atoms with Gasteiger partial charge in [0.2, 0.25) is 0 Å². The van der Waals surface area contributed by atoms with Gasteiger partial charge in [0.05, 0.1) is 0 Å². The molecule has 0 unspecified atom stereocenters. The van der Waals surface area contributed by atoms with E-state index in [4.69, 9.17) is 0 Å². The third-order valence-electron chi connectivity index (χ3n) is 3.75. The molecule has 0 aliphatic carbocycles. The zero-order chi connectivity index (χ0) is 13.8. The molecular formula is C15H23BrN2O. The number of likely N-dealkylation sites (tertiary alicyclic amines) is 1. The Morgan fingerprint density at radius 1 is 1.32 bits per heavy atom. The first kappa shape index (κ1) is 14.8. The van der Waals surface area contributed by atoms with Gasteiger partial charge in [0.25, 0.3) is 0 Å². The van der Waals surface area contributed by atoms with E-state index in [2.05, 4.69) is 39.8 Å². The zero-order valence-corrected chi connectivity index (χ0v) is 13.4. The number of phenols is 1. The molecule has 0 atom stereocenters. The highest BCUT2D eigenvalue weighted by Gasteiger charge is 2.20. The first-order chi connectivity index (χ1) is 9.04. The fourth-order valence-electron chi connectivity index (χ4n) is 2.77. The summed E-state index contributed by atoms with van der Waals surface area (Å²) >= 11 is 3.56. The number of hydrogen-bond donors (Lipinski definition) is 1. The maximum absolute atomic E-state index is 9.56. The molecule has 2 rings (SSSR count). The maximum atomic E-state index is 9.56. The molecule has 0 saturated carbocycles. The van der Waals surface area contributed by atoms with Gasteiger partial charge in [0.15, 0.2) is 0 Å². The van der Waals surface area contributed by atoms with Crippen LogP contribution in [0.3, 0.4) is 0 Å².